The molecule has 0 saturated carbocycles. The average Bonchev–Trinajstić information content (AvgIpc) is 2.80. The topological polar surface area (TPSA) is 55.8 Å². The molecule has 0 aliphatic carbocycles. The van der Waals surface area contributed by atoms with E-state index < -0.39 is 11.7 Å². The molecule has 1 aliphatic heterocycles. The summed E-state index contributed by atoms with van der Waals surface area (Å²) in [5.41, 5.74) is 2.09. The predicted molar refractivity (Wildman–Crippen MR) is 86.4 cm³/mol. The molecule has 1 aliphatic rings. The molecule has 2 aromatic carbocycles. The van der Waals surface area contributed by atoms with Gasteiger partial charge in [-0.05, 0) is 43.3 Å². The number of Topliss-reactive ketones (excluding diaryl/α,β-unsaturated/α-hetero) is 1. The van der Waals surface area contributed by atoms with Crippen LogP contribution in [0.3, 0.4) is 0 Å². The second kappa shape index (κ2) is 6.12. The summed E-state index contributed by atoms with van der Waals surface area (Å²) in [6.45, 7) is 2.53. The third kappa shape index (κ3) is 2.90. The summed E-state index contributed by atoms with van der Waals surface area (Å²) in [4.78, 5) is 25.6. The lowest BCUT2D eigenvalue weighted by molar-refractivity contribution is -0.114. The van der Waals surface area contributed by atoms with Gasteiger partial charge in [-0.1, -0.05) is 11.6 Å². The summed E-state index contributed by atoms with van der Waals surface area (Å²) >= 11 is 0. The van der Waals surface area contributed by atoms with Crippen molar-refractivity contribution in [2.75, 3.05) is 25.2 Å². The number of hydrogen-bond donors (Lipinski definition) is 0. The summed E-state index contributed by atoms with van der Waals surface area (Å²) in [7, 11) is 1.60. The first kappa shape index (κ1) is 15.1. The minimum atomic E-state index is -0.496. The van der Waals surface area contributed by atoms with E-state index in [0.717, 1.165) is 11.3 Å². The molecule has 2 aromatic rings. The van der Waals surface area contributed by atoms with Gasteiger partial charge < -0.3 is 14.4 Å². The first-order chi connectivity index (χ1) is 11.1. The molecule has 1 heterocycles. The number of ketones is 1. The normalized spacial score (nSPS) is 13.2. The van der Waals surface area contributed by atoms with Crippen LogP contribution in [0.15, 0.2) is 42.5 Å². The fraction of sp³-hybridized carbons (Fsp3) is 0.222. The van der Waals surface area contributed by atoms with Gasteiger partial charge >= 0.3 is 0 Å². The number of fused-ring (bicyclic) bond motifs is 1. The van der Waals surface area contributed by atoms with Gasteiger partial charge in [-0.25, -0.2) is 0 Å². The van der Waals surface area contributed by atoms with E-state index in [1.807, 2.05) is 13.0 Å². The van der Waals surface area contributed by atoms with Crippen LogP contribution in [0.5, 0.6) is 11.5 Å². The molecule has 0 aromatic heterocycles. The van der Waals surface area contributed by atoms with Gasteiger partial charge in [0.1, 0.15) is 18.1 Å². The number of benzene rings is 2. The van der Waals surface area contributed by atoms with Crippen molar-refractivity contribution in [3.05, 3.63) is 53.6 Å². The fourth-order valence-corrected chi connectivity index (χ4v) is 2.56. The van der Waals surface area contributed by atoms with Gasteiger partial charge in [-0.3, -0.25) is 9.59 Å². The van der Waals surface area contributed by atoms with Crippen LogP contribution in [0.4, 0.5) is 5.69 Å². The third-order valence-electron chi connectivity index (χ3n) is 3.77. The molecule has 0 radical (unpaired) electrons. The minimum Gasteiger partial charge on any atom is -0.497 e. The van der Waals surface area contributed by atoms with E-state index in [1.54, 1.807) is 43.5 Å². The second-order valence-electron chi connectivity index (χ2n) is 5.33. The first-order valence-corrected chi connectivity index (χ1v) is 7.34. The van der Waals surface area contributed by atoms with Crippen molar-refractivity contribution in [2.45, 2.75) is 6.92 Å². The van der Waals surface area contributed by atoms with Crippen molar-refractivity contribution >= 4 is 17.4 Å². The molecule has 1 amide bonds. The van der Waals surface area contributed by atoms with Crippen molar-refractivity contribution in [1.29, 1.82) is 0 Å². The molecule has 5 heteroatoms. The van der Waals surface area contributed by atoms with Crippen LogP contribution in [0.2, 0.25) is 0 Å². The van der Waals surface area contributed by atoms with Crippen molar-refractivity contribution in [3.8, 4) is 11.5 Å². The van der Waals surface area contributed by atoms with Crippen LogP contribution in [0, 0.1) is 6.92 Å². The highest BCUT2D eigenvalue weighted by Crippen LogP contribution is 2.29. The van der Waals surface area contributed by atoms with E-state index in [1.165, 1.54) is 4.90 Å². The number of carbonyl (C=O) groups excluding carboxylic acids is 2. The Hall–Kier alpha value is -2.82. The highest BCUT2D eigenvalue weighted by atomic mass is 16.5. The van der Waals surface area contributed by atoms with E-state index in [-0.39, 0.29) is 0 Å². The SMILES string of the molecule is COc1ccc(OCCN2C(=O)C(=O)c3cc(C)ccc32)cc1. The van der Waals surface area contributed by atoms with Crippen LogP contribution in [-0.2, 0) is 4.79 Å². The van der Waals surface area contributed by atoms with E-state index in [0.29, 0.717) is 30.2 Å². The number of amides is 1. The van der Waals surface area contributed by atoms with Gasteiger partial charge in [0.2, 0.25) is 0 Å². The Bertz CT molecular complexity index is 752. The molecule has 0 N–H and O–H groups in total. The monoisotopic (exact) mass is 311 g/mol. The first-order valence-electron chi connectivity index (χ1n) is 7.34. The molecule has 23 heavy (non-hydrogen) atoms. The van der Waals surface area contributed by atoms with Crippen molar-refractivity contribution in [1.82, 2.24) is 0 Å². The molecule has 0 unspecified atom stereocenters. The molecule has 5 nitrogen and oxygen atoms in total. The zero-order chi connectivity index (χ0) is 16.4. The fourth-order valence-electron chi connectivity index (χ4n) is 2.56. The Kier molecular flexibility index (Phi) is 4.02. The highest BCUT2D eigenvalue weighted by Gasteiger charge is 2.35. The predicted octanol–water partition coefficient (Wildman–Crippen LogP) is 2.61. The summed E-state index contributed by atoms with van der Waals surface area (Å²) in [6, 6.07) is 12.7. The third-order valence-corrected chi connectivity index (χ3v) is 3.77. The molecule has 0 bridgehead atoms. The lowest BCUT2D eigenvalue weighted by atomic mass is 10.1. The molecule has 0 fully saturated rings. The van der Waals surface area contributed by atoms with Gasteiger partial charge in [0.05, 0.1) is 24.9 Å². The van der Waals surface area contributed by atoms with Crippen molar-refractivity contribution < 1.29 is 19.1 Å². The zero-order valence-corrected chi connectivity index (χ0v) is 13.0. The van der Waals surface area contributed by atoms with Gasteiger partial charge in [0.25, 0.3) is 11.7 Å². The van der Waals surface area contributed by atoms with E-state index in [9.17, 15) is 9.59 Å². The number of methoxy groups -OCH3 is 1. The number of ether oxygens (including phenoxy) is 2. The molecule has 0 spiro atoms. The smallest absolute Gasteiger partial charge is 0.299 e. The Morgan fingerprint density at radius 3 is 2.39 bits per heavy atom. The lowest BCUT2D eigenvalue weighted by Crippen LogP contribution is -2.33. The van der Waals surface area contributed by atoms with Gasteiger partial charge in [-0.15, -0.1) is 0 Å². The summed E-state index contributed by atoms with van der Waals surface area (Å²) < 4.78 is 10.7. The standard InChI is InChI=1S/C18H17NO4/c1-12-3-8-16-15(11-12)17(20)18(21)19(16)9-10-23-14-6-4-13(22-2)5-7-14/h3-8,11H,9-10H2,1-2H3. The van der Waals surface area contributed by atoms with E-state index >= 15 is 0 Å². The maximum atomic E-state index is 12.1. The minimum absolute atomic E-state index is 0.304. The second-order valence-corrected chi connectivity index (χ2v) is 5.33. The molecular formula is C18H17NO4. The van der Waals surface area contributed by atoms with E-state index in [2.05, 4.69) is 0 Å². The van der Waals surface area contributed by atoms with Crippen molar-refractivity contribution in [2.24, 2.45) is 0 Å². The maximum Gasteiger partial charge on any atom is 0.299 e. The van der Waals surface area contributed by atoms with E-state index in [4.69, 9.17) is 9.47 Å². The van der Waals surface area contributed by atoms with Gasteiger partial charge in [0, 0.05) is 0 Å². The molecular weight excluding hydrogens is 294 g/mol. The largest absolute Gasteiger partial charge is 0.497 e. The molecule has 118 valence electrons. The number of rotatable bonds is 5. The van der Waals surface area contributed by atoms with Crippen LogP contribution in [0.25, 0.3) is 0 Å². The van der Waals surface area contributed by atoms with Gasteiger partial charge in [-0.2, -0.15) is 0 Å². The lowest BCUT2D eigenvalue weighted by Gasteiger charge is -2.17. The van der Waals surface area contributed by atoms with Crippen molar-refractivity contribution in [3.63, 3.8) is 0 Å². The van der Waals surface area contributed by atoms with Crippen LogP contribution < -0.4 is 14.4 Å². The quantitative estimate of drug-likeness (QED) is 0.797. The average molecular weight is 311 g/mol. The molecule has 0 atom stereocenters. The molecule has 3 rings (SSSR count). The number of nitrogens with zero attached hydrogens (tertiary/aromatic N) is 1. The van der Waals surface area contributed by atoms with Crippen LogP contribution in [-0.4, -0.2) is 32.0 Å². The summed E-state index contributed by atoms with van der Waals surface area (Å²) in [6.07, 6.45) is 0. The Morgan fingerprint density at radius 2 is 1.70 bits per heavy atom. The zero-order valence-electron chi connectivity index (χ0n) is 13.0. The van der Waals surface area contributed by atoms with Gasteiger partial charge in [0.15, 0.2) is 0 Å². The number of hydrogen-bond acceptors (Lipinski definition) is 4. The number of carbonyl (C=O) groups is 2. The summed E-state index contributed by atoms with van der Waals surface area (Å²) in [5.74, 6) is 0.493. The summed E-state index contributed by atoms with van der Waals surface area (Å²) in [5, 5.41) is 0. The Labute approximate surface area is 134 Å². The number of anilines is 1. The Morgan fingerprint density at radius 1 is 1.00 bits per heavy atom. The van der Waals surface area contributed by atoms with Crippen LogP contribution >= 0.6 is 0 Å². The van der Waals surface area contributed by atoms with Crippen LogP contribution in [0.1, 0.15) is 15.9 Å². The highest BCUT2D eigenvalue weighted by molar-refractivity contribution is 6.52. The maximum absolute atomic E-state index is 12.1. The molecule has 0 saturated heterocycles. The number of aryl methyl sites for hydroxylation is 1. The Balaban J connectivity index is 1.66.